The van der Waals surface area contributed by atoms with E-state index in [0.717, 1.165) is 25.5 Å². The van der Waals surface area contributed by atoms with Gasteiger partial charge < -0.3 is 19.9 Å². The molecule has 7 nitrogen and oxygen atoms in total. The van der Waals surface area contributed by atoms with Crippen LogP contribution in [0.4, 0.5) is 10.2 Å². The van der Waals surface area contributed by atoms with Gasteiger partial charge in [-0.1, -0.05) is 48.0 Å². The summed E-state index contributed by atoms with van der Waals surface area (Å²) in [4.78, 5) is 19.2. The molecule has 0 aliphatic carbocycles. The van der Waals surface area contributed by atoms with Crippen LogP contribution >= 0.6 is 11.6 Å². The molecule has 3 heterocycles. The summed E-state index contributed by atoms with van der Waals surface area (Å²) in [5, 5.41) is 15.2. The fourth-order valence-corrected chi connectivity index (χ4v) is 5.45. The number of aromatic hydroxyl groups is 1. The Kier molecular flexibility index (Phi) is 6.88. The summed E-state index contributed by atoms with van der Waals surface area (Å²) in [6.45, 7) is 2.30. The molecule has 2 aromatic heterocycles. The number of piperazine rings is 1. The van der Waals surface area contributed by atoms with Crippen LogP contribution in [0.1, 0.15) is 11.6 Å². The van der Waals surface area contributed by atoms with Gasteiger partial charge in [-0.15, -0.1) is 0 Å². The molecular formula is C31H27ClFN5O2. The lowest BCUT2D eigenvalue weighted by atomic mass is 9.97. The number of imidazole rings is 1. The molecule has 1 unspecified atom stereocenters. The minimum absolute atomic E-state index is 0.0679. The third-order valence-corrected chi connectivity index (χ3v) is 7.60. The van der Waals surface area contributed by atoms with E-state index in [1.54, 1.807) is 49.9 Å². The van der Waals surface area contributed by atoms with E-state index in [1.807, 2.05) is 24.3 Å². The molecule has 0 radical (unpaired) electrons. The summed E-state index contributed by atoms with van der Waals surface area (Å²) in [6, 6.07) is 21.7. The highest BCUT2D eigenvalue weighted by atomic mass is 35.5. The molecule has 1 fully saturated rings. The molecule has 2 N–H and O–H groups in total. The van der Waals surface area contributed by atoms with Crippen molar-refractivity contribution in [2.24, 2.45) is 7.05 Å². The van der Waals surface area contributed by atoms with Crippen molar-refractivity contribution < 1.29 is 9.50 Å². The Morgan fingerprint density at radius 3 is 2.45 bits per heavy atom. The van der Waals surface area contributed by atoms with Crippen LogP contribution in [0.3, 0.4) is 0 Å². The molecule has 5 aromatic rings. The average Bonchev–Trinajstić information content (AvgIpc) is 3.32. The van der Waals surface area contributed by atoms with Gasteiger partial charge in [0.1, 0.15) is 17.4 Å². The van der Waals surface area contributed by atoms with Crippen LogP contribution in [0.15, 0.2) is 96.2 Å². The highest BCUT2D eigenvalue weighted by molar-refractivity contribution is 6.32. The molecule has 0 saturated carbocycles. The van der Waals surface area contributed by atoms with E-state index in [4.69, 9.17) is 11.6 Å². The molecule has 1 aliphatic heterocycles. The summed E-state index contributed by atoms with van der Waals surface area (Å²) in [6.07, 6.45) is 4.95. The van der Waals surface area contributed by atoms with Gasteiger partial charge in [0.15, 0.2) is 0 Å². The molecule has 1 atom stereocenters. The Bertz CT molecular complexity index is 1750. The molecule has 1 saturated heterocycles. The second kappa shape index (κ2) is 10.6. The van der Waals surface area contributed by atoms with Crippen molar-refractivity contribution in [1.82, 2.24) is 19.4 Å². The lowest BCUT2D eigenvalue weighted by Crippen LogP contribution is -2.46. The first-order valence-electron chi connectivity index (χ1n) is 13.0. The fourth-order valence-electron chi connectivity index (χ4n) is 5.18. The van der Waals surface area contributed by atoms with Crippen molar-refractivity contribution in [2.75, 3.05) is 24.5 Å². The van der Waals surface area contributed by atoms with Gasteiger partial charge in [-0.2, -0.15) is 0 Å². The monoisotopic (exact) mass is 555 g/mol. The van der Waals surface area contributed by atoms with Crippen molar-refractivity contribution in [1.29, 1.82) is 0 Å². The van der Waals surface area contributed by atoms with E-state index >= 15 is 0 Å². The zero-order valence-corrected chi connectivity index (χ0v) is 22.5. The van der Waals surface area contributed by atoms with Crippen molar-refractivity contribution in [3.63, 3.8) is 0 Å². The van der Waals surface area contributed by atoms with Crippen LogP contribution in [0.2, 0.25) is 5.02 Å². The number of aryl methyl sites for hydroxylation is 1. The number of aromatic nitrogens is 3. The van der Waals surface area contributed by atoms with Crippen molar-refractivity contribution in [3.8, 4) is 33.7 Å². The number of hydrogen-bond donors (Lipinski definition) is 2. The molecular weight excluding hydrogens is 529 g/mol. The zero-order chi connectivity index (χ0) is 27.8. The molecule has 0 bridgehead atoms. The number of rotatable bonds is 5. The van der Waals surface area contributed by atoms with Crippen LogP contribution in [0.25, 0.3) is 27.9 Å². The summed E-state index contributed by atoms with van der Waals surface area (Å²) >= 11 is 6.54. The SMILES string of the molecule is Cn1ccn(-c2ccc(-c3cc(F)cc(-c4ccnc(N5CCNC(c6ccccc6)C5)c4)c3O)cc2Cl)c1=O. The fraction of sp³-hybridized carbons (Fsp3) is 0.161. The van der Waals surface area contributed by atoms with E-state index in [2.05, 4.69) is 27.3 Å². The van der Waals surface area contributed by atoms with Crippen molar-refractivity contribution in [2.45, 2.75) is 6.04 Å². The van der Waals surface area contributed by atoms with Crippen LogP contribution in [0.5, 0.6) is 5.75 Å². The average molecular weight is 556 g/mol. The smallest absolute Gasteiger partial charge is 0.332 e. The minimum atomic E-state index is -0.494. The first-order chi connectivity index (χ1) is 19.4. The highest BCUT2D eigenvalue weighted by Gasteiger charge is 2.23. The van der Waals surface area contributed by atoms with Crippen LogP contribution < -0.4 is 15.9 Å². The van der Waals surface area contributed by atoms with Crippen LogP contribution in [-0.4, -0.2) is 38.9 Å². The Balaban J connectivity index is 1.33. The summed E-state index contributed by atoms with van der Waals surface area (Å²) in [5.74, 6) is 0.194. The van der Waals surface area contributed by atoms with E-state index in [9.17, 15) is 14.3 Å². The molecule has 6 rings (SSSR count). The van der Waals surface area contributed by atoms with Crippen LogP contribution in [0, 0.1) is 5.82 Å². The highest BCUT2D eigenvalue weighted by Crippen LogP contribution is 2.41. The van der Waals surface area contributed by atoms with Gasteiger partial charge >= 0.3 is 5.69 Å². The quantitative estimate of drug-likeness (QED) is 0.297. The number of phenolic OH excluding ortho intramolecular Hbond substituents is 1. The van der Waals surface area contributed by atoms with Gasteiger partial charge in [0.2, 0.25) is 0 Å². The minimum Gasteiger partial charge on any atom is -0.507 e. The van der Waals surface area contributed by atoms with Crippen molar-refractivity contribution >= 4 is 17.4 Å². The zero-order valence-electron chi connectivity index (χ0n) is 21.8. The third-order valence-electron chi connectivity index (χ3n) is 7.30. The lowest BCUT2D eigenvalue weighted by Gasteiger charge is -2.35. The number of phenols is 1. The number of nitrogens with one attached hydrogen (secondary N) is 1. The van der Waals surface area contributed by atoms with Gasteiger partial charge in [0.05, 0.1) is 10.7 Å². The van der Waals surface area contributed by atoms with Gasteiger partial charge in [0.25, 0.3) is 0 Å². The van der Waals surface area contributed by atoms with Gasteiger partial charge in [-0.25, -0.2) is 14.2 Å². The standard InChI is InChI=1S/C31H27ClFN5O2/c1-36-13-14-38(31(36)40)28-8-7-21(15-26(28)32)24-17-23(33)18-25(30(24)39)22-9-10-35-29(16-22)37-12-11-34-27(19-37)20-5-3-2-4-6-20/h2-10,13-18,27,34,39H,11-12,19H2,1H3. The Morgan fingerprint density at radius 1 is 1.00 bits per heavy atom. The first-order valence-corrected chi connectivity index (χ1v) is 13.3. The Labute approximate surface area is 235 Å². The van der Waals surface area contributed by atoms with Gasteiger partial charge in [0, 0.05) is 62.4 Å². The molecule has 202 valence electrons. The maximum atomic E-state index is 14.9. The molecule has 3 aromatic carbocycles. The second-order valence-corrected chi connectivity index (χ2v) is 10.3. The third kappa shape index (κ3) is 4.87. The summed E-state index contributed by atoms with van der Waals surface area (Å²) < 4.78 is 17.8. The number of nitrogens with zero attached hydrogens (tertiary/aromatic N) is 4. The van der Waals surface area contributed by atoms with E-state index in [0.29, 0.717) is 33.0 Å². The van der Waals surface area contributed by atoms with Gasteiger partial charge in [-0.3, -0.25) is 4.57 Å². The maximum absolute atomic E-state index is 14.9. The topological polar surface area (TPSA) is 75.3 Å². The molecule has 1 aliphatic rings. The Hall–Kier alpha value is -4.40. The van der Waals surface area contributed by atoms with Gasteiger partial charge in [-0.05, 0) is 53.1 Å². The maximum Gasteiger partial charge on any atom is 0.332 e. The van der Waals surface area contributed by atoms with E-state index in [1.165, 1.54) is 26.8 Å². The summed E-state index contributed by atoms with van der Waals surface area (Å²) in [5.41, 5.74) is 3.29. The van der Waals surface area contributed by atoms with E-state index < -0.39 is 5.82 Å². The Morgan fingerprint density at radius 2 is 1.75 bits per heavy atom. The second-order valence-electron chi connectivity index (χ2n) is 9.84. The molecule has 9 heteroatoms. The number of hydrogen-bond acceptors (Lipinski definition) is 5. The molecule has 0 spiro atoms. The van der Waals surface area contributed by atoms with Crippen molar-refractivity contribution in [3.05, 3.63) is 118 Å². The number of halogens is 2. The first kappa shape index (κ1) is 25.9. The number of pyridine rings is 1. The summed E-state index contributed by atoms with van der Waals surface area (Å²) in [7, 11) is 1.65. The van der Waals surface area contributed by atoms with Crippen LogP contribution in [-0.2, 0) is 7.05 Å². The molecule has 40 heavy (non-hydrogen) atoms. The number of benzene rings is 3. The number of anilines is 1. The lowest BCUT2D eigenvalue weighted by molar-refractivity contribution is 0.469. The predicted molar refractivity (Wildman–Crippen MR) is 156 cm³/mol. The predicted octanol–water partition coefficient (Wildman–Crippen LogP) is 5.55. The largest absolute Gasteiger partial charge is 0.507 e. The van der Waals surface area contributed by atoms with E-state index in [-0.39, 0.29) is 17.5 Å². The normalized spacial score (nSPS) is 15.4. The molecule has 0 amide bonds.